The Morgan fingerprint density at radius 3 is 2.66 bits per heavy atom. The van der Waals surface area contributed by atoms with Gasteiger partial charge in [-0.25, -0.2) is 4.98 Å². The van der Waals surface area contributed by atoms with Crippen LogP contribution in [0, 0.1) is 0 Å². The van der Waals surface area contributed by atoms with Gasteiger partial charge in [0.15, 0.2) is 11.5 Å². The summed E-state index contributed by atoms with van der Waals surface area (Å²) >= 11 is 0. The molecule has 0 bridgehead atoms. The van der Waals surface area contributed by atoms with Gasteiger partial charge in [0.05, 0.1) is 5.60 Å². The minimum Gasteiger partial charge on any atom is -0.488 e. The summed E-state index contributed by atoms with van der Waals surface area (Å²) in [5.74, 6) is 1.38. The predicted molar refractivity (Wildman–Crippen MR) is 112 cm³/mol. The molecule has 0 unspecified atom stereocenters. The van der Waals surface area contributed by atoms with Gasteiger partial charge in [0.25, 0.3) is 0 Å². The molecule has 3 heterocycles. The molecule has 1 fully saturated rings. The molecule has 1 aliphatic rings. The third kappa shape index (κ3) is 3.56. The monoisotopic (exact) mass is 388 g/mol. The molecular formula is C23H24N4O2. The molecule has 1 aromatic carbocycles. The standard InChI is InChI=1S/C23H24N4O2/c28-23(13-4-1-2-5-14-23)16-29-19-9-7-8-17-11-12-18(24-21(17)19)22-26-25-20-10-3-6-15-27(20)22/h3,6-12,15,28H,1-2,4-5,13-14,16H2. The Labute approximate surface area is 169 Å². The van der Waals surface area contributed by atoms with E-state index in [2.05, 4.69) is 10.2 Å². The van der Waals surface area contributed by atoms with E-state index in [-0.39, 0.29) is 0 Å². The second-order valence-corrected chi connectivity index (χ2v) is 7.90. The van der Waals surface area contributed by atoms with Crippen LogP contribution in [0.2, 0.25) is 0 Å². The van der Waals surface area contributed by atoms with Gasteiger partial charge in [-0.1, -0.05) is 49.9 Å². The van der Waals surface area contributed by atoms with Crippen LogP contribution in [0.25, 0.3) is 28.1 Å². The maximum Gasteiger partial charge on any atom is 0.187 e. The van der Waals surface area contributed by atoms with Crippen LogP contribution in [0.1, 0.15) is 38.5 Å². The van der Waals surface area contributed by atoms with Crippen LogP contribution in [0.15, 0.2) is 54.7 Å². The largest absolute Gasteiger partial charge is 0.488 e. The molecule has 0 atom stereocenters. The molecule has 1 N–H and O–H groups in total. The number of benzene rings is 1. The Morgan fingerprint density at radius 1 is 0.931 bits per heavy atom. The van der Waals surface area contributed by atoms with E-state index in [1.54, 1.807) is 0 Å². The van der Waals surface area contributed by atoms with E-state index in [1.165, 1.54) is 12.8 Å². The van der Waals surface area contributed by atoms with Gasteiger partial charge < -0.3 is 9.84 Å². The number of fused-ring (bicyclic) bond motifs is 2. The average molecular weight is 388 g/mol. The number of aliphatic hydroxyl groups is 1. The van der Waals surface area contributed by atoms with Gasteiger partial charge in [-0.3, -0.25) is 4.40 Å². The molecule has 3 aromatic heterocycles. The summed E-state index contributed by atoms with van der Waals surface area (Å²) in [5.41, 5.74) is 1.54. The smallest absolute Gasteiger partial charge is 0.187 e. The van der Waals surface area contributed by atoms with Crippen molar-refractivity contribution in [1.29, 1.82) is 0 Å². The third-order valence-corrected chi connectivity index (χ3v) is 5.76. The van der Waals surface area contributed by atoms with Crippen LogP contribution in [-0.4, -0.2) is 36.9 Å². The zero-order valence-electron chi connectivity index (χ0n) is 16.3. The summed E-state index contributed by atoms with van der Waals surface area (Å²) in [6.45, 7) is 0.298. The average Bonchev–Trinajstić information content (AvgIpc) is 3.06. The number of nitrogens with zero attached hydrogens (tertiary/aromatic N) is 4. The lowest BCUT2D eigenvalue weighted by Gasteiger charge is -2.26. The van der Waals surface area contributed by atoms with E-state index in [0.29, 0.717) is 18.2 Å². The molecule has 4 aromatic rings. The van der Waals surface area contributed by atoms with E-state index in [0.717, 1.165) is 47.9 Å². The number of aromatic nitrogens is 4. The van der Waals surface area contributed by atoms with Crippen LogP contribution < -0.4 is 4.74 Å². The Balaban J connectivity index is 1.49. The van der Waals surface area contributed by atoms with Gasteiger partial charge in [-0.15, -0.1) is 10.2 Å². The summed E-state index contributed by atoms with van der Waals surface area (Å²) in [7, 11) is 0. The van der Waals surface area contributed by atoms with Gasteiger partial charge in [-0.2, -0.15) is 0 Å². The van der Waals surface area contributed by atoms with Crippen molar-refractivity contribution in [2.45, 2.75) is 44.1 Å². The van der Waals surface area contributed by atoms with E-state index in [4.69, 9.17) is 9.72 Å². The fourth-order valence-electron chi connectivity index (χ4n) is 4.12. The number of ether oxygens (including phenoxy) is 1. The Morgan fingerprint density at radius 2 is 1.79 bits per heavy atom. The highest BCUT2D eigenvalue weighted by molar-refractivity contribution is 5.86. The lowest BCUT2D eigenvalue weighted by Crippen LogP contribution is -2.35. The zero-order chi connectivity index (χ0) is 19.7. The SMILES string of the molecule is OC1(COc2cccc3ccc(-c4nnc5ccccn45)nc23)CCCCCC1. The number of rotatable bonds is 4. The number of para-hydroxylation sites is 1. The number of pyridine rings is 2. The van der Waals surface area contributed by atoms with E-state index in [9.17, 15) is 5.11 Å². The summed E-state index contributed by atoms with van der Waals surface area (Å²) < 4.78 is 8.04. The molecule has 5 rings (SSSR count). The molecular weight excluding hydrogens is 364 g/mol. The molecule has 6 nitrogen and oxygen atoms in total. The maximum absolute atomic E-state index is 10.9. The molecule has 1 aliphatic carbocycles. The quantitative estimate of drug-likeness (QED) is 0.524. The van der Waals surface area contributed by atoms with Crippen molar-refractivity contribution in [3.05, 3.63) is 54.7 Å². The van der Waals surface area contributed by atoms with Crippen molar-refractivity contribution >= 4 is 16.6 Å². The second kappa shape index (κ2) is 7.44. The molecule has 0 saturated heterocycles. The van der Waals surface area contributed by atoms with Crippen molar-refractivity contribution in [2.75, 3.05) is 6.61 Å². The Bertz CT molecular complexity index is 1150. The first kappa shape index (κ1) is 18.1. The number of hydrogen-bond acceptors (Lipinski definition) is 5. The first-order valence-corrected chi connectivity index (χ1v) is 10.3. The van der Waals surface area contributed by atoms with Gasteiger partial charge >= 0.3 is 0 Å². The van der Waals surface area contributed by atoms with Crippen molar-refractivity contribution in [3.63, 3.8) is 0 Å². The molecule has 6 heteroatoms. The molecule has 0 aliphatic heterocycles. The fourth-order valence-corrected chi connectivity index (χ4v) is 4.12. The minimum absolute atomic E-state index is 0.298. The fraction of sp³-hybridized carbons (Fsp3) is 0.348. The Kier molecular flexibility index (Phi) is 4.64. The summed E-state index contributed by atoms with van der Waals surface area (Å²) in [6, 6.07) is 15.7. The van der Waals surface area contributed by atoms with Crippen molar-refractivity contribution in [1.82, 2.24) is 19.6 Å². The highest BCUT2D eigenvalue weighted by Gasteiger charge is 2.29. The van der Waals surface area contributed by atoms with Gasteiger partial charge in [0.2, 0.25) is 0 Å². The summed E-state index contributed by atoms with van der Waals surface area (Å²) in [4.78, 5) is 4.84. The second-order valence-electron chi connectivity index (χ2n) is 7.90. The van der Waals surface area contributed by atoms with Crippen molar-refractivity contribution in [2.24, 2.45) is 0 Å². The van der Waals surface area contributed by atoms with Crippen LogP contribution >= 0.6 is 0 Å². The van der Waals surface area contributed by atoms with E-state index < -0.39 is 5.60 Å². The highest BCUT2D eigenvalue weighted by Crippen LogP contribution is 2.31. The Hall–Kier alpha value is -2.99. The molecule has 29 heavy (non-hydrogen) atoms. The van der Waals surface area contributed by atoms with Crippen LogP contribution in [0.4, 0.5) is 0 Å². The minimum atomic E-state index is -0.751. The zero-order valence-corrected chi connectivity index (χ0v) is 16.3. The molecule has 1 saturated carbocycles. The highest BCUT2D eigenvalue weighted by atomic mass is 16.5. The molecule has 0 spiro atoms. The lowest BCUT2D eigenvalue weighted by molar-refractivity contribution is -0.0169. The first-order valence-electron chi connectivity index (χ1n) is 10.3. The van der Waals surface area contributed by atoms with E-state index >= 15 is 0 Å². The van der Waals surface area contributed by atoms with Gasteiger partial charge in [-0.05, 0) is 37.1 Å². The summed E-state index contributed by atoms with van der Waals surface area (Å²) in [6.07, 6.45) is 8.00. The number of hydrogen-bond donors (Lipinski definition) is 1. The molecule has 0 radical (unpaired) electrons. The van der Waals surface area contributed by atoms with E-state index in [1.807, 2.05) is 59.1 Å². The van der Waals surface area contributed by atoms with Crippen LogP contribution in [0.5, 0.6) is 5.75 Å². The predicted octanol–water partition coefficient (Wildman–Crippen LogP) is 4.41. The third-order valence-electron chi connectivity index (χ3n) is 5.76. The van der Waals surface area contributed by atoms with Gasteiger partial charge in [0.1, 0.15) is 23.6 Å². The topological polar surface area (TPSA) is 72.5 Å². The summed E-state index contributed by atoms with van der Waals surface area (Å²) in [5, 5.41) is 20.5. The maximum atomic E-state index is 10.9. The van der Waals surface area contributed by atoms with Gasteiger partial charge in [0, 0.05) is 11.6 Å². The normalized spacial score (nSPS) is 16.7. The lowest BCUT2D eigenvalue weighted by atomic mass is 9.96. The first-order chi connectivity index (χ1) is 14.2. The molecule has 0 amide bonds. The molecule has 148 valence electrons. The van der Waals surface area contributed by atoms with Crippen LogP contribution in [0.3, 0.4) is 0 Å². The van der Waals surface area contributed by atoms with Crippen molar-refractivity contribution < 1.29 is 9.84 Å². The van der Waals surface area contributed by atoms with Crippen LogP contribution in [-0.2, 0) is 0 Å². The van der Waals surface area contributed by atoms with Crippen molar-refractivity contribution in [3.8, 4) is 17.3 Å².